The van der Waals surface area contributed by atoms with Crippen molar-refractivity contribution in [3.63, 3.8) is 0 Å². The lowest BCUT2D eigenvalue weighted by molar-refractivity contribution is -0.178. The molecule has 3 aliphatic heterocycles. The standard InChI is InChI=1S/C54H50N4O7/c1-57(35-37-16-6-2-7-17-37)29-15-18-36-27-28-44-43(32-36)54(53(63)56-44)46(51(61)55-34-45(60)38-19-8-3-9-20-38)48-52(62)65-49(40-23-12-5-13-24-40)47(39-21-10-4-11-22-39)58(48)50(54)41-25-14-26-42(33-41)64-31-30-59/h2-14,16-17,19-28,32-33,45-50,59-60H,29-31,34-35H2,1H3,(H,55,61)(H,56,63)/t45-,46-,47-,48-,49+,50+,54-/m0/s1. The molecule has 65 heavy (non-hydrogen) atoms. The Bertz CT molecular complexity index is 2710. The minimum atomic E-state index is -1.77. The molecule has 7 atom stereocenters. The number of hydrogen-bond donors (Lipinski definition) is 4. The van der Waals surface area contributed by atoms with Gasteiger partial charge in [0.2, 0.25) is 11.8 Å². The van der Waals surface area contributed by atoms with E-state index in [1.54, 1.807) is 30.3 Å². The molecule has 328 valence electrons. The van der Waals surface area contributed by atoms with E-state index in [4.69, 9.17) is 9.47 Å². The molecule has 11 heteroatoms. The van der Waals surface area contributed by atoms with Gasteiger partial charge in [-0.1, -0.05) is 145 Å². The lowest BCUT2D eigenvalue weighted by Crippen LogP contribution is -2.55. The summed E-state index contributed by atoms with van der Waals surface area (Å²) in [4.78, 5) is 50.3. The van der Waals surface area contributed by atoms with Crippen molar-refractivity contribution >= 4 is 23.5 Å². The summed E-state index contributed by atoms with van der Waals surface area (Å²) in [5, 5.41) is 27.2. The topological polar surface area (TPSA) is 141 Å². The zero-order valence-corrected chi connectivity index (χ0v) is 35.9. The lowest BCUT2D eigenvalue weighted by Gasteiger charge is -2.46. The molecule has 6 aromatic carbocycles. The molecule has 0 aromatic heterocycles. The zero-order valence-electron chi connectivity index (χ0n) is 35.9. The Morgan fingerprint density at radius 1 is 0.831 bits per heavy atom. The SMILES string of the molecule is CN(CC#Cc1ccc2c(c1)[C@]1(C(=O)N2)[C@H](C(=O)NC[C@H](O)c2ccccc2)[C@H]2C(=O)O[C@H](c3ccccc3)[C@H](c3ccccc3)N2[C@@H]1c1cccc(OCCO)c1)Cc1ccccc1. The van der Waals surface area contributed by atoms with Gasteiger partial charge in [0.1, 0.15) is 29.9 Å². The van der Waals surface area contributed by atoms with Gasteiger partial charge < -0.3 is 30.3 Å². The Balaban J connectivity index is 1.23. The van der Waals surface area contributed by atoms with Gasteiger partial charge in [0.05, 0.1) is 37.3 Å². The van der Waals surface area contributed by atoms with Crippen LogP contribution in [0.15, 0.2) is 164 Å². The zero-order chi connectivity index (χ0) is 44.9. The maximum Gasteiger partial charge on any atom is 0.324 e. The van der Waals surface area contributed by atoms with Crippen LogP contribution in [-0.4, -0.2) is 77.2 Å². The summed E-state index contributed by atoms with van der Waals surface area (Å²) in [6.07, 6.45) is -1.92. The number of hydrogen-bond acceptors (Lipinski definition) is 9. The summed E-state index contributed by atoms with van der Waals surface area (Å²) < 4.78 is 12.5. The molecular weight excluding hydrogens is 817 g/mol. The molecule has 3 aliphatic rings. The van der Waals surface area contributed by atoms with Crippen LogP contribution in [0.5, 0.6) is 5.75 Å². The number of carbonyl (C=O) groups is 3. The number of amides is 2. The van der Waals surface area contributed by atoms with Crippen molar-refractivity contribution in [1.29, 1.82) is 0 Å². The highest BCUT2D eigenvalue weighted by Gasteiger charge is 2.74. The molecule has 0 saturated carbocycles. The first kappa shape index (κ1) is 43.2. The van der Waals surface area contributed by atoms with Crippen LogP contribution in [0.2, 0.25) is 0 Å². The first-order valence-electron chi connectivity index (χ1n) is 21.9. The van der Waals surface area contributed by atoms with E-state index in [1.165, 1.54) is 0 Å². The monoisotopic (exact) mass is 866 g/mol. The number of ether oxygens (including phenoxy) is 2. The fourth-order valence-corrected chi connectivity index (χ4v) is 9.94. The van der Waals surface area contributed by atoms with Crippen molar-refractivity contribution in [2.24, 2.45) is 5.92 Å². The molecule has 11 nitrogen and oxygen atoms in total. The minimum Gasteiger partial charge on any atom is -0.491 e. The summed E-state index contributed by atoms with van der Waals surface area (Å²) in [6, 6.07) is 48.1. The first-order valence-corrected chi connectivity index (χ1v) is 21.9. The van der Waals surface area contributed by atoms with Crippen LogP contribution >= 0.6 is 0 Å². The predicted octanol–water partition coefficient (Wildman–Crippen LogP) is 6.66. The van der Waals surface area contributed by atoms with Gasteiger partial charge in [0.15, 0.2) is 0 Å². The smallest absolute Gasteiger partial charge is 0.324 e. The fraction of sp³-hybridized carbons (Fsp3) is 0.241. The van der Waals surface area contributed by atoms with Crippen molar-refractivity contribution < 1.29 is 34.1 Å². The number of fused-ring (bicyclic) bond motifs is 3. The number of esters is 1. The van der Waals surface area contributed by atoms with Gasteiger partial charge in [-0.3, -0.25) is 24.2 Å². The van der Waals surface area contributed by atoms with Crippen molar-refractivity contribution in [3.8, 4) is 17.6 Å². The number of morpholine rings is 1. The van der Waals surface area contributed by atoms with Gasteiger partial charge in [-0.2, -0.15) is 0 Å². The number of aliphatic hydroxyl groups is 2. The number of rotatable bonds is 13. The van der Waals surface area contributed by atoms with Crippen LogP contribution in [0.3, 0.4) is 0 Å². The highest BCUT2D eigenvalue weighted by molar-refractivity contribution is 6.12. The van der Waals surface area contributed by atoms with Crippen LogP contribution < -0.4 is 15.4 Å². The van der Waals surface area contributed by atoms with Crippen LogP contribution in [0.25, 0.3) is 0 Å². The number of cyclic esters (lactones) is 1. The molecule has 4 N–H and O–H groups in total. The van der Waals surface area contributed by atoms with Gasteiger partial charge in [-0.05, 0) is 70.8 Å². The average molecular weight is 867 g/mol. The maximum atomic E-state index is 15.6. The number of carbonyl (C=O) groups excluding carboxylic acids is 3. The van der Waals surface area contributed by atoms with Gasteiger partial charge in [-0.25, -0.2) is 0 Å². The molecule has 2 fully saturated rings. The van der Waals surface area contributed by atoms with E-state index in [0.717, 1.165) is 16.7 Å². The molecule has 9 rings (SSSR count). The Hall–Kier alpha value is -7.07. The Morgan fingerprint density at radius 2 is 1.49 bits per heavy atom. The molecule has 0 aliphatic carbocycles. The van der Waals surface area contributed by atoms with Crippen molar-refractivity contribution in [3.05, 3.63) is 203 Å². The second-order valence-corrected chi connectivity index (χ2v) is 16.8. The third-order valence-electron chi connectivity index (χ3n) is 12.7. The van der Waals surface area contributed by atoms with Gasteiger partial charge in [0.25, 0.3) is 0 Å². The molecule has 1 spiro atoms. The van der Waals surface area contributed by atoms with Crippen LogP contribution in [0.1, 0.15) is 63.2 Å². The second-order valence-electron chi connectivity index (χ2n) is 16.8. The molecule has 6 aromatic rings. The van der Waals surface area contributed by atoms with E-state index in [9.17, 15) is 10.2 Å². The Labute approximate surface area is 378 Å². The summed E-state index contributed by atoms with van der Waals surface area (Å²) in [5.41, 5.74) is 3.78. The fourth-order valence-electron chi connectivity index (χ4n) is 9.94. The van der Waals surface area contributed by atoms with Crippen molar-refractivity contribution in [2.75, 3.05) is 38.7 Å². The van der Waals surface area contributed by atoms with Crippen LogP contribution in [-0.2, 0) is 31.1 Å². The highest BCUT2D eigenvalue weighted by Crippen LogP contribution is 2.65. The summed E-state index contributed by atoms with van der Waals surface area (Å²) in [7, 11) is 2.00. The summed E-state index contributed by atoms with van der Waals surface area (Å²) in [5.74, 6) is 3.95. The van der Waals surface area contributed by atoms with E-state index in [2.05, 4.69) is 39.5 Å². The van der Waals surface area contributed by atoms with E-state index in [-0.39, 0.29) is 19.8 Å². The third kappa shape index (κ3) is 8.41. The second kappa shape index (κ2) is 19.0. The van der Waals surface area contributed by atoms with Crippen LogP contribution in [0, 0.1) is 17.8 Å². The predicted molar refractivity (Wildman–Crippen MR) is 246 cm³/mol. The average Bonchev–Trinajstić information content (AvgIpc) is 3.82. The molecule has 0 radical (unpaired) electrons. The molecule has 0 bridgehead atoms. The number of nitrogens with one attached hydrogen (secondary N) is 2. The minimum absolute atomic E-state index is 0.0291. The molecule has 2 amide bonds. The number of nitrogens with zero attached hydrogens (tertiary/aromatic N) is 2. The number of aliphatic hydroxyl groups excluding tert-OH is 2. The maximum absolute atomic E-state index is 15.6. The Kier molecular flexibility index (Phi) is 12.6. The highest BCUT2D eigenvalue weighted by atomic mass is 16.6. The van der Waals surface area contributed by atoms with Crippen molar-refractivity contribution in [2.45, 2.75) is 42.3 Å². The molecular formula is C54H50N4O7. The van der Waals surface area contributed by atoms with E-state index in [1.807, 2.05) is 133 Å². The summed E-state index contributed by atoms with van der Waals surface area (Å²) >= 11 is 0. The Morgan fingerprint density at radius 3 is 2.20 bits per heavy atom. The number of benzene rings is 6. The van der Waals surface area contributed by atoms with Crippen molar-refractivity contribution in [1.82, 2.24) is 15.1 Å². The molecule has 3 heterocycles. The molecule has 0 unspecified atom stereocenters. The molecule has 2 saturated heterocycles. The van der Waals surface area contributed by atoms with Gasteiger partial charge >= 0.3 is 5.97 Å². The van der Waals surface area contributed by atoms with E-state index < -0.39 is 59.5 Å². The van der Waals surface area contributed by atoms with Gasteiger partial charge in [0, 0.05) is 24.3 Å². The third-order valence-corrected chi connectivity index (χ3v) is 12.7. The van der Waals surface area contributed by atoms with E-state index >= 15 is 14.4 Å². The largest absolute Gasteiger partial charge is 0.491 e. The quantitative estimate of drug-likeness (QED) is 0.0742. The lowest BCUT2D eigenvalue weighted by atomic mass is 9.65. The van der Waals surface area contributed by atoms with Crippen LogP contribution in [0.4, 0.5) is 5.69 Å². The summed E-state index contributed by atoms with van der Waals surface area (Å²) in [6.45, 7) is 0.803. The number of anilines is 1. The normalized spacial score (nSPS) is 22.6. The first-order chi connectivity index (χ1) is 31.8. The van der Waals surface area contributed by atoms with E-state index in [0.29, 0.717) is 46.8 Å². The van der Waals surface area contributed by atoms with Gasteiger partial charge in [-0.15, -0.1) is 0 Å².